The second-order valence-corrected chi connectivity index (χ2v) is 11.3. The number of likely N-dealkylation sites (tertiary alicyclic amines) is 1. The predicted octanol–water partition coefficient (Wildman–Crippen LogP) is 4.15. The number of carbonyl (C=O) groups excluding carboxylic acids is 1. The maximum absolute atomic E-state index is 13.4. The molecule has 1 atom stereocenters. The molecule has 4 rings (SSSR count). The monoisotopic (exact) mass is 472 g/mol. The Bertz CT molecular complexity index is 1140. The number of methoxy groups -OCH3 is 1. The minimum atomic E-state index is -3.91. The van der Waals surface area contributed by atoms with E-state index in [0.29, 0.717) is 36.9 Å². The number of piperidine rings is 1. The summed E-state index contributed by atoms with van der Waals surface area (Å²) in [5.41, 5.74) is 0.545. The number of hydrogen-bond acceptors (Lipinski definition) is 5. The third kappa shape index (κ3) is 5.01. The van der Waals surface area contributed by atoms with Crippen molar-refractivity contribution in [3.63, 3.8) is 0 Å². The van der Waals surface area contributed by atoms with Crippen LogP contribution >= 0.6 is 0 Å². The number of rotatable bonds is 5. The van der Waals surface area contributed by atoms with Gasteiger partial charge in [-0.15, -0.1) is 0 Å². The number of hydrogen-bond donors (Lipinski definition) is 1. The Kier molecular flexibility index (Phi) is 6.42. The van der Waals surface area contributed by atoms with Gasteiger partial charge in [-0.1, -0.05) is 25.1 Å². The van der Waals surface area contributed by atoms with E-state index in [2.05, 4.69) is 11.6 Å². The molecule has 1 saturated heterocycles. The molecule has 2 aromatic carbocycles. The fourth-order valence-corrected chi connectivity index (χ4v) is 5.81. The lowest BCUT2D eigenvalue weighted by Gasteiger charge is -2.37. The first kappa shape index (κ1) is 23.6. The Hall–Kier alpha value is -2.58. The van der Waals surface area contributed by atoms with Crippen LogP contribution in [0.15, 0.2) is 47.4 Å². The van der Waals surface area contributed by atoms with Gasteiger partial charge in [-0.25, -0.2) is 13.1 Å². The molecule has 0 unspecified atom stereocenters. The van der Waals surface area contributed by atoms with Crippen molar-refractivity contribution in [2.45, 2.75) is 56.6 Å². The summed E-state index contributed by atoms with van der Waals surface area (Å²) in [7, 11) is -2.42. The third-order valence-electron chi connectivity index (χ3n) is 6.46. The van der Waals surface area contributed by atoms with Gasteiger partial charge < -0.3 is 14.4 Å². The molecule has 33 heavy (non-hydrogen) atoms. The lowest BCUT2D eigenvalue weighted by molar-refractivity contribution is 0.0691. The standard InChI is InChI=1S/C25H32N2O5S/c1-17-11-13-27(14-12-17)24(28)20-15-18(9-10-22(20)31-4)33(29,30)26-21-16-25(2,3)32-23-8-6-5-7-19(21)23/h5-10,15,17,21,26H,11-14,16H2,1-4H3/t21-/m0/s1. The van der Waals surface area contributed by atoms with Gasteiger partial charge in [0.2, 0.25) is 10.0 Å². The Labute approximate surface area is 196 Å². The number of carbonyl (C=O) groups is 1. The summed E-state index contributed by atoms with van der Waals surface area (Å²) < 4.78 is 41.0. The third-order valence-corrected chi connectivity index (χ3v) is 7.93. The van der Waals surface area contributed by atoms with Crippen molar-refractivity contribution in [2.24, 2.45) is 5.92 Å². The van der Waals surface area contributed by atoms with Crippen LogP contribution in [0.5, 0.6) is 11.5 Å². The van der Waals surface area contributed by atoms with Gasteiger partial charge in [0.05, 0.1) is 23.6 Å². The number of nitrogens with one attached hydrogen (secondary N) is 1. The van der Waals surface area contributed by atoms with E-state index in [1.54, 1.807) is 11.0 Å². The van der Waals surface area contributed by atoms with Crippen molar-refractivity contribution in [2.75, 3.05) is 20.2 Å². The molecule has 1 fully saturated rings. The number of ether oxygens (including phenoxy) is 2. The predicted molar refractivity (Wildman–Crippen MR) is 126 cm³/mol. The molecule has 2 aliphatic rings. The zero-order valence-corrected chi connectivity index (χ0v) is 20.4. The average Bonchev–Trinajstić information content (AvgIpc) is 2.77. The normalized spacial score (nSPS) is 20.6. The highest BCUT2D eigenvalue weighted by molar-refractivity contribution is 7.89. The molecule has 2 aromatic rings. The first-order valence-electron chi connectivity index (χ1n) is 11.4. The lowest BCUT2D eigenvalue weighted by Crippen LogP contribution is -2.41. The van der Waals surface area contributed by atoms with Crippen LogP contribution in [-0.2, 0) is 10.0 Å². The van der Waals surface area contributed by atoms with E-state index in [9.17, 15) is 13.2 Å². The Morgan fingerprint density at radius 2 is 1.85 bits per heavy atom. The highest BCUT2D eigenvalue weighted by Gasteiger charge is 2.36. The average molecular weight is 473 g/mol. The number of fused-ring (bicyclic) bond motifs is 1. The molecule has 2 heterocycles. The van der Waals surface area contributed by atoms with Gasteiger partial charge in [-0.05, 0) is 56.9 Å². The molecule has 1 N–H and O–H groups in total. The van der Waals surface area contributed by atoms with Crippen LogP contribution in [0.1, 0.15) is 62.0 Å². The maximum Gasteiger partial charge on any atom is 0.257 e. The summed E-state index contributed by atoms with van der Waals surface area (Å²) in [6.07, 6.45) is 2.36. The summed E-state index contributed by atoms with van der Waals surface area (Å²) in [4.78, 5) is 15.0. The van der Waals surface area contributed by atoms with E-state index < -0.39 is 21.7 Å². The van der Waals surface area contributed by atoms with Crippen molar-refractivity contribution >= 4 is 15.9 Å². The Morgan fingerprint density at radius 3 is 2.55 bits per heavy atom. The van der Waals surface area contributed by atoms with Crippen LogP contribution in [0.4, 0.5) is 0 Å². The fraction of sp³-hybridized carbons (Fsp3) is 0.480. The zero-order valence-electron chi connectivity index (χ0n) is 19.6. The molecule has 8 heteroatoms. The lowest BCUT2D eigenvalue weighted by atomic mass is 9.90. The van der Waals surface area contributed by atoms with Crippen LogP contribution in [0.3, 0.4) is 0 Å². The quantitative estimate of drug-likeness (QED) is 0.707. The van der Waals surface area contributed by atoms with Crippen LogP contribution in [0.2, 0.25) is 0 Å². The zero-order chi connectivity index (χ0) is 23.8. The van der Waals surface area contributed by atoms with Gasteiger partial charge >= 0.3 is 0 Å². The summed E-state index contributed by atoms with van der Waals surface area (Å²) in [6, 6.07) is 11.5. The molecule has 178 valence electrons. The van der Waals surface area contributed by atoms with Crippen LogP contribution in [-0.4, -0.2) is 45.0 Å². The smallest absolute Gasteiger partial charge is 0.257 e. The van der Waals surface area contributed by atoms with E-state index in [4.69, 9.17) is 9.47 Å². The van der Waals surface area contributed by atoms with Crippen molar-refractivity contribution in [1.82, 2.24) is 9.62 Å². The van der Waals surface area contributed by atoms with Crippen molar-refractivity contribution in [3.05, 3.63) is 53.6 Å². The van der Waals surface area contributed by atoms with Gasteiger partial charge in [0.1, 0.15) is 17.1 Å². The maximum atomic E-state index is 13.4. The summed E-state index contributed by atoms with van der Waals surface area (Å²) >= 11 is 0. The van der Waals surface area contributed by atoms with Gasteiger partial charge in [-0.3, -0.25) is 4.79 Å². The SMILES string of the molecule is COc1ccc(S(=O)(=O)N[C@H]2CC(C)(C)Oc3ccccc32)cc1C(=O)N1CCC(C)CC1. The number of nitrogens with zero attached hydrogens (tertiary/aromatic N) is 1. The van der Waals surface area contributed by atoms with Crippen molar-refractivity contribution < 1.29 is 22.7 Å². The first-order valence-corrected chi connectivity index (χ1v) is 12.9. The first-order chi connectivity index (χ1) is 15.6. The molecule has 0 saturated carbocycles. The minimum Gasteiger partial charge on any atom is -0.496 e. The van der Waals surface area contributed by atoms with Gasteiger partial charge in [-0.2, -0.15) is 0 Å². The topological polar surface area (TPSA) is 84.9 Å². The molecular weight excluding hydrogens is 440 g/mol. The Balaban J connectivity index is 1.63. The molecule has 0 bridgehead atoms. The van der Waals surface area contributed by atoms with E-state index >= 15 is 0 Å². The summed E-state index contributed by atoms with van der Waals surface area (Å²) in [5, 5.41) is 0. The van der Waals surface area contributed by atoms with Gasteiger partial charge in [0.15, 0.2) is 0 Å². The molecule has 7 nitrogen and oxygen atoms in total. The molecule has 2 aliphatic heterocycles. The number of amides is 1. The Morgan fingerprint density at radius 1 is 1.15 bits per heavy atom. The van der Waals surface area contributed by atoms with Crippen LogP contribution in [0.25, 0.3) is 0 Å². The molecular formula is C25H32N2O5S. The molecule has 1 amide bonds. The molecule has 0 aliphatic carbocycles. The second kappa shape index (κ2) is 8.99. The summed E-state index contributed by atoms with van der Waals surface area (Å²) in [6.45, 7) is 7.37. The van der Waals surface area contributed by atoms with Gasteiger partial charge in [0.25, 0.3) is 5.91 Å². The molecule has 0 aromatic heterocycles. The van der Waals surface area contributed by atoms with E-state index in [-0.39, 0.29) is 16.4 Å². The van der Waals surface area contributed by atoms with Gasteiger partial charge in [0, 0.05) is 25.1 Å². The van der Waals surface area contributed by atoms with E-state index in [1.807, 2.05) is 38.1 Å². The second-order valence-electron chi connectivity index (χ2n) is 9.61. The van der Waals surface area contributed by atoms with E-state index in [1.165, 1.54) is 19.2 Å². The summed E-state index contributed by atoms with van der Waals surface area (Å²) in [5.74, 6) is 1.42. The molecule has 0 spiro atoms. The van der Waals surface area contributed by atoms with E-state index in [0.717, 1.165) is 18.4 Å². The van der Waals surface area contributed by atoms with Crippen molar-refractivity contribution in [1.29, 1.82) is 0 Å². The fourth-order valence-electron chi connectivity index (χ4n) is 4.57. The van der Waals surface area contributed by atoms with Crippen LogP contribution in [0, 0.1) is 5.92 Å². The van der Waals surface area contributed by atoms with Crippen LogP contribution < -0.4 is 14.2 Å². The molecule has 0 radical (unpaired) electrons. The minimum absolute atomic E-state index is 0.0406. The number of sulfonamides is 1. The largest absolute Gasteiger partial charge is 0.496 e. The highest BCUT2D eigenvalue weighted by Crippen LogP contribution is 2.40. The number of para-hydroxylation sites is 1. The highest BCUT2D eigenvalue weighted by atomic mass is 32.2. The number of benzene rings is 2. The van der Waals surface area contributed by atoms with Crippen molar-refractivity contribution in [3.8, 4) is 11.5 Å².